The summed E-state index contributed by atoms with van der Waals surface area (Å²) in [6.07, 6.45) is 20.8. The number of hydrogen-bond acceptors (Lipinski definition) is 8. The Kier molecular flexibility index (Phi) is 25.8. The second kappa shape index (κ2) is 26.5. The molecule has 0 aromatic carbocycles. The van der Waals surface area contributed by atoms with E-state index < -0.39 is 13.9 Å². The Bertz CT molecular complexity index is 725. The van der Waals surface area contributed by atoms with E-state index in [9.17, 15) is 14.3 Å². The molecule has 0 aromatic heterocycles. The van der Waals surface area contributed by atoms with Gasteiger partial charge in [-0.25, -0.2) is 4.57 Å². The third-order valence-corrected chi connectivity index (χ3v) is 7.00. The van der Waals surface area contributed by atoms with E-state index in [0.29, 0.717) is 30.7 Å². The van der Waals surface area contributed by atoms with Gasteiger partial charge in [0.1, 0.15) is 32.7 Å². The largest absolute Gasteiger partial charge is 0.472 e. The molecule has 0 spiro atoms. The molecule has 0 bridgehead atoms. The zero-order valence-electron chi connectivity index (χ0n) is 26.4. The van der Waals surface area contributed by atoms with E-state index >= 15 is 0 Å². The van der Waals surface area contributed by atoms with Crippen LogP contribution < -0.4 is 0 Å². The summed E-state index contributed by atoms with van der Waals surface area (Å²) in [5.74, 6) is -0.337. The van der Waals surface area contributed by atoms with Gasteiger partial charge in [-0.1, -0.05) is 63.3 Å². The number of phosphoric acid groups is 1. The summed E-state index contributed by atoms with van der Waals surface area (Å²) < 4.78 is 44.0. The molecular formula is C30H59NO9P+. The first-order chi connectivity index (χ1) is 19.6. The van der Waals surface area contributed by atoms with Crippen molar-refractivity contribution in [2.75, 3.05) is 74.6 Å². The maximum Gasteiger partial charge on any atom is 0.472 e. The van der Waals surface area contributed by atoms with Crippen LogP contribution in [0.15, 0.2) is 24.3 Å². The number of hydrogen-bond donors (Lipinski definition) is 1. The average molecular weight is 609 g/mol. The summed E-state index contributed by atoms with van der Waals surface area (Å²) in [4.78, 5) is 22.2. The number of esters is 1. The first kappa shape index (κ1) is 39.9. The first-order valence-electron chi connectivity index (χ1n) is 15.2. The maximum absolute atomic E-state index is 12.2. The highest BCUT2D eigenvalue weighted by molar-refractivity contribution is 7.47. The van der Waals surface area contributed by atoms with E-state index in [0.717, 1.165) is 44.9 Å². The summed E-state index contributed by atoms with van der Waals surface area (Å²) in [5, 5.41) is 0. The number of ether oxygens (including phenoxy) is 4. The van der Waals surface area contributed by atoms with Gasteiger partial charge in [0, 0.05) is 13.5 Å². The van der Waals surface area contributed by atoms with Crippen LogP contribution >= 0.6 is 7.82 Å². The highest BCUT2D eigenvalue weighted by Gasteiger charge is 2.25. The molecule has 0 saturated carbocycles. The van der Waals surface area contributed by atoms with Gasteiger partial charge in [0.25, 0.3) is 0 Å². The Morgan fingerprint density at radius 3 is 2.17 bits per heavy atom. The molecule has 11 heteroatoms. The number of quaternary nitrogens is 1. The molecule has 0 fully saturated rings. The highest BCUT2D eigenvalue weighted by atomic mass is 31.2. The molecule has 10 nitrogen and oxygen atoms in total. The van der Waals surface area contributed by atoms with Gasteiger partial charge in [-0.3, -0.25) is 13.8 Å². The second-order valence-corrected chi connectivity index (χ2v) is 12.5. The molecule has 0 rings (SSSR count). The van der Waals surface area contributed by atoms with Crippen molar-refractivity contribution in [3.8, 4) is 0 Å². The zero-order chi connectivity index (χ0) is 30.7. The molecule has 0 amide bonds. The molecule has 1 N–H and O–H groups in total. The fraction of sp³-hybridized carbons (Fsp3) is 0.833. The fourth-order valence-corrected chi connectivity index (χ4v) is 4.21. The van der Waals surface area contributed by atoms with Gasteiger partial charge < -0.3 is 28.3 Å². The number of rotatable bonds is 29. The normalized spacial score (nSPS) is 14.6. The van der Waals surface area contributed by atoms with Crippen molar-refractivity contribution in [3.05, 3.63) is 24.3 Å². The standard InChI is InChI=1S/C30H58NO9P/c1-6-7-8-9-10-11-12-13-14-15-16-17-18-19-20-21-30(32)37-26-29(38-28-36-25-24-35-5)27-40-41(33,34)39-23-22-31(2,3)4/h10-11,13-14,29H,6-9,12,15-28H2,1-5H3/p+1/b11-10-,14-13-/t29-/m1/s1. The number of unbranched alkanes of at least 4 members (excludes halogenated alkanes) is 8. The predicted molar refractivity (Wildman–Crippen MR) is 163 cm³/mol. The van der Waals surface area contributed by atoms with E-state index in [2.05, 4.69) is 31.2 Å². The lowest BCUT2D eigenvalue weighted by Crippen LogP contribution is -2.37. The Balaban J connectivity index is 4.15. The number of carbonyl (C=O) groups excluding carboxylic acids is 1. The van der Waals surface area contributed by atoms with Crippen LogP contribution in [0.25, 0.3) is 0 Å². The molecule has 0 aromatic rings. The third kappa shape index (κ3) is 30.2. The lowest BCUT2D eigenvalue weighted by Gasteiger charge is -2.24. The molecule has 0 saturated heterocycles. The van der Waals surface area contributed by atoms with E-state index in [1.54, 1.807) is 7.11 Å². The van der Waals surface area contributed by atoms with Crippen molar-refractivity contribution < 1.29 is 46.7 Å². The Morgan fingerprint density at radius 1 is 0.854 bits per heavy atom. The van der Waals surface area contributed by atoms with Crippen LogP contribution in [0.2, 0.25) is 0 Å². The van der Waals surface area contributed by atoms with Gasteiger partial charge in [0.15, 0.2) is 0 Å². The summed E-state index contributed by atoms with van der Waals surface area (Å²) in [6.45, 7) is 3.04. The van der Waals surface area contributed by atoms with Crippen molar-refractivity contribution in [1.29, 1.82) is 0 Å². The Labute approximate surface area is 249 Å². The Morgan fingerprint density at radius 2 is 1.51 bits per heavy atom. The van der Waals surface area contributed by atoms with E-state index in [1.807, 2.05) is 21.1 Å². The van der Waals surface area contributed by atoms with Crippen LogP contribution in [0.4, 0.5) is 0 Å². The number of allylic oxidation sites excluding steroid dienone is 4. The maximum atomic E-state index is 12.2. The molecule has 1 unspecified atom stereocenters. The minimum atomic E-state index is -4.27. The van der Waals surface area contributed by atoms with Gasteiger partial charge in [0.05, 0.1) is 41.0 Å². The van der Waals surface area contributed by atoms with Gasteiger partial charge in [-0.15, -0.1) is 0 Å². The van der Waals surface area contributed by atoms with Gasteiger partial charge in [-0.2, -0.15) is 0 Å². The van der Waals surface area contributed by atoms with Crippen LogP contribution in [0.3, 0.4) is 0 Å². The smallest absolute Gasteiger partial charge is 0.463 e. The molecule has 0 aliphatic carbocycles. The molecule has 0 radical (unpaired) electrons. The molecule has 0 heterocycles. The number of likely N-dealkylation sites (N-methyl/N-ethyl adjacent to an activating group) is 1. The SMILES string of the molecule is CCCCC/C=C\C/C=C\CCCCCCCC(=O)OC[C@H](COP(=O)(O)OCC[N+](C)(C)C)OCOCCOC. The topological polar surface area (TPSA) is 110 Å². The molecule has 242 valence electrons. The molecule has 0 aliphatic rings. The van der Waals surface area contributed by atoms with Gasteiger partial charge in [-0.05, 0) is 38.5 Å². The van der Waals surface area contributed by atoms with Crippen LogP contribution in [0.1, 0.15) is 84.0 Å². The first-order valence-corrected chi connectivity index (χ1v) is 16.7. The zero-order valence-corrected chi connectivity index (χ0v) is 27.3. The minimum absolute atomic E-state index is 0.0610. The van der Waals surface area contributed by atoms with Crippen molar-refractivity contribution in [2.24, 2.45) is 0 Å². The number of nitrogens with zero attached hydrogens (tertiary/aromatic N) is 1. The number of carbonyl (C=O) groups is 1. The molecule has 0 aliphatic heterocycles. The summed E-state index contributed by atoms with van der Waals surface area (Å²) in [6, 6.07) is 0. The lowest BCUT2D eigenvalue weighted by atomic mass is 10.1. The Hall–Kier alpha value is -1.10. The van der Waals surface area contributed by atoms with Crippen molar-refractivity contribution in [1.82, 2.24) is 0 Å². The molecule has 41 heavy (non-hydrogen) atoms. The average Bonchev–Trinajstić information content (AvgIpc) is 2.91. The quantitative estimate of drug-likeness (QED) is 0.0265. The number of methoxy groups -OCH3 is 1. The van der Waals surface area contributed by atoms with E-state index in [1.165, 1.54) is 25.7 Å². The summed E-state index contributed by atoms with van der Waals surface area (Å²) in [5.41, 5.74) is 0. The molecular weight excluding hydrogens is 549 g/mol. The van der Waals surface area contributed by atoms with Crippen LogP contribution in [-0.2, 0) is 37.4 Å². The van der Waals surface area contributed by atoms with E-state index in [-0.39, 0.29) is 32.6 Å². The van der Waals surface area contributed by atoms with Gasteiger partial charge in [0.2, 0.25) is 0 Å². The summed E-state index contributed by atoms with van der Waals surface area (Å²) in [7, 11) is 3.13. The predicted octanol–water partition coefficient (Wildman–Crippen LogP) is 6.19. The van der Waals surface area contributed by atoms with Crippen molar-refractivity contribution in [2.45, 2.75) is 90.1 Å². The minimum Gasteiger partial charge on any atom is -0.463 e. The lowest BCUT2D eigenvalue weighted by molar-refractivity contribution is -0.870. The molecule has 2 atom stereocenters. The highest BCUT2D eigenvalue weighted by Crippen LogP contribution is 2.43. The van der Waals surface area contributed by atoms with Crippen molar-refractivity contribution in [3.63, 3.8) is 0 Å². The monoisotopic (exact) mass is 608 g/mol. The third-order valence-electron chi connectivity index (χ3n) is 6.02. The van der Waals surface area contributed by atoms with Gasteiger partial charge >= 0.3 is 13.8 Å². The van der Waals surface area contributed by atoms with Crippen LogP contribution in [0, 0.1) is 0 Å². The summed E-state index contributed by atoms with van der Waals surface area (Å²) >= 11 is 0. The second-order valence-electron chi connectivity index (χ2n) is 11.1. The number of phosphoric ester groups is 1. The fourth-order valence-electron chi connectivity index (χ4n) is 3.47. The van der Waals surface area contributed by atoms with E-state index in [4.69, 9.17) is 28.0 Å². The van der Waals surface area contributed by atoms with Crippen molar-refractivity contribution >= 4 is 13.8 Å². The van der Waals surface area contributed by atoms with Crippen LogP contribution in [0.5, 0.6) is 0 Å². The van der Waals surface area contributed by atoms with Crippen LogP contribution in [-0.4, -0.2) is 96.1 Å².